The molecule has 30 heavy (non-hydrogen) atoms. The van der Waals surface area contributed by atoms with Crippen LogP contribution in [0.1, 0.15) is 36.5 Å². The first kappa shape index (κ1) is 21.5. The zero-order valence-corrected chi connectivity index (χ0v) is 16.7. The Morgan fingerprint density at radius 2 is 1.83 bits per heavy atom. The average molecular weight is 417 g/mol. The Morgan fingerprint density at radius 3 is 2.57 bits per heavy atom. The molecule has 6 nitrogen and oxygen atoms in total. The van der Waals surface area contributed by atoms with E-state index in [-0.39, 0.29) is 23.6 Å². The zero-order valence-electron chi connectivity index (χ0n) is 16.7. The number of anilines is 2. The van der Waals surface area contributed by atoms with Crippen molar-refractivity contribution in [2.24, 2.45) is 0 Å². The number of hydrogen-bond donors (Lipinski definition) is 2. The van der Waals surface area contributed by atoms with E-state index in [4.69, 9.17) is 0 Å². The Labute approximate surface area is 174 Å². The number of carbonyl (C=O) groups is 2. The maximum absolute atomic E-state index is 12.5. The minimum Gasteiger partial charge on any atom is -0.434 e. The van der Waals surface area contributed by atoms with Crippen LogP contribution in [0.15, 0.2) is 48.5 Å². The fraction of sp³-hybridized carbons (Fsp3) is 0.364. The Kier molecular flexibility index (Phi) is 7.21. The summed E-state index contributed by atoms with van der Waals surface area (Å²) in [5.41, 5.74) is 1.75. The van der Waals surface area contributed by atoms with Gasteiger partial charge >= 0.3 is 6.61 Å². The molecule has 2 aromatic rings. The summed E-state index contributed by atoms with van der Waals surface area (Å²) in [6.45, 7) is 0.668. The molecule has 8 heteroatoms. The molecule has 160 valence electrons. The zero-order chi connectivity index (χ0) is 21.5. The molecule has 1 heterocycles. The van der Waals surface area contributed by atoms with E-state index >= 15 is 0 Å². The fourth-order valence-corrected chi connectivity index (χ4v) is 3.45. The van der Waals surface area contributed by atoms with E-state index in [0.29, 0.717) is 5.69 Å². The molecule has 0 radical (unpaired) electrons. The Hall–Kier alpha value is -3.16. The van der Waals surface area contributed by atoms with Crippen molar-refractivity contribution in [1.82, 2.24) is 5.32 Å². The first-order valence-corrected chi connectivity index (χ1v) is 9.92. The minimum atomic E-state index is -3.03. The van der Waals surface area contributed by atoms with Crippen molar-refractivity contribution in [3.63, 3.8) is 0 Å². The molecular formula is C22H25F2N3O3. The number of alkyl halides is 2. The normalized spacial score (nSPS) is 14.5. The second-order valence-electron chi connectivity index (χ2n) is 7.25. The van der Waals surface area contributed by atoms with E-state index in [9.17, 15) is 18.4 Å². The maximum Gasteiger partial charge on any atom is 0.387 e. The van der Waals surface area contributed by atoms with Crippen LogP contribution in [0.3, 0.4) is 0 Å². The third kappa shape index (κ3) is 5.92. The summed E-state index contributed by atoms with van der Waals surface area (Å²) in [6, 6.07) is 12.9. The summed E-state index contributed by atoms with van der Waals surface area (Å²) in [6.07, 6.45) is 2.37. The van der Waals surface area contributed by atoms with Gasteiger partial charge in [-0.25, -0.2) is 0 Å². The molecule has 1 aliphatic rings. The van der Waals surface area contributed by atoms with Crippen molar-refractivity contribution >= 4 is 23.2 Å². The summed E-state index contributed by atoms with van der Waals surface area (Å²) < 4.78 is 29.4. The number of amides is 2. The lowest BCUT2D eigenvalue weighted by atomic mass is 10.1. The molecule has 1 unspecified atom stereocenters. The summed E-state index contributed by atoms with van der Waals surface area (Å²) >= 11 is 0. The highest BCUT2D eigenvalue weighted by atomic mass is 19.3. The van der Waals surface area contributed by atoms with Crippen molar-refractivity contribution < 1.29 is 23.1 Å². The molecular weight excluding hydrogens is 392 g/mol. The van der Waals surface area contributed by atoms with Gasteiger partial charge in [0.1, 0.15) is 5.75 Å². The molecule has 3 rings (SSSR count). The first-order valence-electron chi connectivity index (χ1n) is 9.92. The van der Waals surface area contributed by atoms with Gasteiger partial charge in [-0.1, -0.05) is 18.2 Å². The monoisotopic (exact) mass is 417 g/mol. The fourth-order valence-electron chi connectivity index (χ4n) is 3.45. The average Bonchev–Trinajstić information content (AvgIpc) is 3.22. The van der Waals surface area contributed by atoms with Crippen LogP contribution in [0, 0.1) is 0 Å². The predicted octanol–water partition coefficient (Wildman–Crippen LogP) is 4.04. The summed E-state index contributed by atoms with van der Waals surface area (Å²) in [5.74, 6) is -1.04. The van der Waals surface area contributed by atoms with Gasteiger partial charge in [0.15, 0.2) is 0 Å². The minimum absolute atomic E-state index is 0.0108. The predicted molar refractivity (Wildman–Crippen MR) is 111 cm³/mol. The number of halogens is 2. The molecule has 2 amide bonds. The van der Waals surface area contributed by atoms with Crippen LogP contribution in [-0.2, 0) is 4.79 Å². The SMILES string of the molecule is CC(CC(=O)Nc1cccc(N2CCCC2)c1)NC(=O)c1ccccc1OC(F)F. The number of nitrogens with one attached hydrogen (secondary N) is 2. The number of ether oxygens (including phenoxy) is 1. The highest BCUT2D eigenvalue weighted by molar-refractivity contribution is 5.98. The molecule has 1 atom stereocenters. The van der Waals surface area contributed by atoms with Gasteiger partial charge in [-0.3, -0.25) is 9.59 Å². The first-order chi connectivity index (χ1) is 14.4. The standard InChI is InChI=1S/C22H25F2N3O3/c1-15(25-21(29)18-9-2-3-10-19(18)30-22(23)24)13-20(28)26-16-7-6-8-17(14-16)27-11-4-5-12-27/h2-3,6-10,14-15,22H,4-5,11-13H2,1H3,(H,25,29)(H,26,28). The second-order valence-corrected chi connectivity index (χ2v) is 7.25. The van der Waals surface area contributed by atoms with Gasteiger partial charge < -0.3 is 20.3 Å². The van der Waals surface area contributed by atoms with Crippen LogP contribution in [0.4, 0.5) is 20.2 Å². The Morgan fingerprint density at radius 1 is 1.10 bits per heavy atom. The summed E-state index contributed by atoms with van der Waals surface area (Å²) in [7, 11) is 0. The number of para-hydroxylation sites is 1. The van der Waals surface area contributed by atoms with E-state index in [2.05, 4.69) is 20.3 Å². The number of carbonyl (C=O) groups excluding carboxylic acids is 2. The molecule has 1 aliphatic heterocycles. The number of rotatable bonds is 8. The van der Waals surface area contributed by atoms with Crippen molar-refractivity contribution in [1.29, 1.82) is 0 Å². The highest BCUT2D eigenvalue weighted by Gasteiger charge is 2.19. The van der Waals surface area contributed by atoms with E-state index in [1.807, 2.05) is 24.3 Å². The maximum atomic E-state index is 12.5. The van der Waals surface area contributed by atoms with E-state index < -0.39 is 18.6 Å². The molecule has 1 saturated heterocycles. The van der Waals surface area contributed by atoms with Gasteiger partial charge in [-0.05, 0) is 50.1 Å². The lowest BCUT2D eigenvalue weighted by molar-refractivity contribution is -0.116. The van der Waals surface area contributed by atoms with Gasteiger partial charge in [0, 0.05) is 36.9 Å². The third-order valence-electron chi connectivity index (χ3n) is 4.82. The number of benzene rings is 2. The summed E-state index contributed by atoms with van der Waals surface area (Å²) in [4.78, 5) is 27.1. The molecule has 0 aliphatic carbocycles. The molecule has 0 aromatic heterocycles. The molecule has 0 saturated carbocycles. The molecule has 0 spiro atoms. The quantitative estimate of drug-likeness (QED) is 0.680. The Balaban J connectivity index is 1.55. The topological polar surface area (TPSA) is 70.7 Å². The molecule has 0 bridgehead atoms. The van der Waals surface area contributed by atoms with Gasteiger partial charge in [0.2, 0.25) is 5.91 Å². The lowest BCUT2D eigenvalue weighted by Crippen LogP contribution is -2.35. The van der Waals surface area contributed by atoms with Crippen LogP contribution >= 0.6 is 0 Å². The van der Waals surface area contributed by atoms with Crippen LogP contribution in [0.5, 0.6) is 5.75 Å². The lowest BCUT2D eigenvalue weighted by Gasteiger charge is -2.19. The van der Waals surface area contributed by atoms with Crippen LogP contribution < -0.4 is 20.3 Å². The van der Waals surface area contributed by atoms with Gasteiger partial charge in [0.25, 0.3) is 5.91 Å². The van der Waals surface area contributed by atoms with Gasteiger partial charge in [-0.2, -0.15) is 8.78 Å². The van der Waals surface area contributed by atoms with Crippen molar-refractivity contribution in [2.45, 2.75) is 38.8 Å². The third-order valence-corrected chi connectivity index (χ3v) is 4.82. The van der Waals surface area contributed by atoms with Crippen molar-refractivity contribution in [2.75, 3.05) is 23.3 Å². The highest BCUT2D eigenvalue weighted by Crippen LogP contribution is 2.24. The number of nitrogens with zero attached hydrogens (tertiary/aromatic N) is 1. The van der Waals surface area contributed by atoms with Crippen LogP contribution in [0.25, 0.3) is 0 Å². The molecule has 1 fully saturated rings. The van der Waals surface area contributed by atoms with E-state index in [1.54, 1.807) is 13.0 Å². The van der Waals surface area contributed by atoms with Gasteiger partial charge in [0.05, 0.1) is 5.56 Å². The smallest absolute Gasteiger partial charge is 0.387 e. The van der Waals surface area contributed by atoms with Crippen LogP contribution in [-0.4, -0.2) is 37.6 Å². The van der Waals surface area contributed by atoms with Crippen molar-refractivity contribution in [3.8, 4) is 5.75 Å². The van der Waals surface area contributed by atoms with Gasteiger partial charge in [-0.15, -0.1) is 0 Å². The van der Waals surface area contributed by atoms with Crippen molar-refractivity contribution in [3.05, 3.63) is 54.1 Å². The van der Waals surface area contributed by atoms with Crippen LogP contribution in [0.2, 0.25) is 0 Å². The largest absolute Gasteiger partial charge is 0.434 e. The van der Waals surface area contributed by atoms with E-state index in [0.717, 1.165) is 18.8 Å². The Bertz CT molecular complexity index is 885. The van der Waals surface area contributed by atoms with E-state index in [1.165, 1.54) is 31.0 Å². The molecule has 2 N–H and O–H groups in total. The number of hydrogen-bond acceptors (Lipinski definition) is 4. The molecule has 2 aromatic carbocycles. The second kappa shape index (κ2) is 10.0. The summed E-state index contributed by atoms with van der Waals surface area (Å²) in [5, 5.41) is 5.50.